The van der Waals surface area contributed by atoms with Crippen molar-refractivity contribution < 1.29 is 0 Å². The minimum absolute atomic E-state index is 0.466. The van der Waals surface area contributed by atoms with Crippen LogP contribution in [0.15, 0.2) is 29.3 Å². The summed E-state index contributed by atoms with van der Waals surface area (Å²) in [5.41, 5.74) is 7.25. The molecule has 19 heavy (non-hydrogen) atoms. The van der Waals surface area contributed by atoms with Gasteiger partial charge in [-0.2, -0.15) is 0 Å². The third-order valence-electron chi connectivity index (χ3n) is 4.21. The number of aliphatic imine (C=N–C) groups is 1. The van der Waals surface area contributed by atoms with Crippen molar-refractivity contribution in [2.75, 3.05) is 0 Å². The van der Waals surface area contributed by atoms with E-state index in [9.17, 15) is 0 Å². The maximum Gasteiger partial charge on any atom is 0.189 e. The first kappa shape index (κ1) is 12.8. The minimum atomic E-state index is 0.466. The van der Waals surface area contributed by atoms with Crippen LogP contribution in [-0.2, 0) is 0 Å². The summed E-state index contributed by atoms with van der Waals surface area (Å²) >= 11 is 6.02. The molecule has 0 bridgehead atoms. The molecule has 0 spiro atoms. The van der Waals surface area contributed by atoms with Crippen molar-refractivity contribution in [3.05, 3.63) is 34.9 Å². The van der Waals surface area contributed by atoms with E-state index in [4.69, 9.17) is 17.3 Å². The summed E-state index contributed by atoms with van der Waals surface area (Å²) in [5.74, 6) is 1.23. The second kappa shape index (κ2) is 5.41. The Bertz CT molecular complexity index is 476. The Labute approximate surface area is 119 Å². The summed E-state index contributed by atoms with van der Waals surface area (Å²) < 4.78 is 0. The standard InChI is InChI=1S/C15H20ClN3/c16-12-4-1-3-10(7-12)11-8-14(9-11)19-15(17)18-13-5-2-6-13/h1,3-4,7,11,13-14H,2,5-6,8-9H2,(H3,17,18,19). The smallest absolute Gasteiger partial charge is 0.189 e. The Morgan fingerprint density at radius 3 is 2.74 bits per heavy atom. The molecule has 0 heterocycles. The highest BCUT2D eigenvalue weighted by Gasteiger charge is 2.30. The molecule has 2 aliphatic carbocycles. The normalized spacial score (nSPS) is 27.5. The van der Waals surface area contributed by atoms with Crippen LogP contribution in [0.4, 0.5) is 0 Å². The van der Waals surface area contributed by atoms with Crippen LogP contribution in [0.3, 0.4) is 0 Å². The largest absolute Gasteiger partial charge is 0.370 e. The van der Waals surface area contributed by atoms with Crippen LogP contribution in [0.2, 0.25) is 5.02 Å². The van der Waals surface area contributed by atoms with Gasteiger partial charge in [-0.25, -0.2) is 0 Å². The second-order valence-corrected chi connectivity index (χ2v) is 6.10. The summed E-state index contributed by atoms with van der Waals surface area (Å²) in [7, 11) is 0. The zero-order valence-corrected chi connectivity index (χ0v) is 11.7. The van der Waals surface area contributed by atoms with Gasteiger partial charge in [-0.15, -0.1) is 0 Å². The van der Waals surface area contributed by atoms with Crippen molar-refractivity contribution in [3.8, 4) is 0 Å². The topological polar surface area (TPSA) is 50.4 Å². The van der Waals surface area contributed by atoms with Gasteiger partial charge < -0.3 is 11.1 Å². The third kappa shape index (κ3) is 3.03. The average Bonchev–Trinajstić information content (AvgIpc) is 2.28. The molecular weight excluding hydrogens is 258 g/mol. The average molecular weight is 278 g/mol. The molecule has 0 radical (unpaired) electrons. The Balaban J connectivity index is 1.48. The SMILES string of the molecule is NC(=NC1CCC1)NC1CC(c2cccc(Cl)c2)C1. The fourth-order valence-corrected chi connectivity index (χ4v) is 2.93. The van der Waals surface area contributed by atoms with Crippen LogP contribution < -0.4 is 11.1 Å². The Morgan fingerprint density at radius 1 is 1.32 bits per heavy atom. The van der Waals surface area contributed by atoms with Gasteiger partial charge in [0.15, 0.2) is 5.96 Å². The van der Waals surface area contributed by atoms with E-state index in [1.807, 2.05) is 12.1 Å². The molecule has 0 amide bonds. The van der Waals surface area contributed by atoms with E-state index in [2.05, 4.69) is 22.4 Å². The van der Waals surface area contributed by atoms with Crippen molar-refractivity contribution in [1.82, 2.24) is 5.32 Å². The van der Waals surface area contributed by atoms with Gasteiger partial charge in [0.1, 0.15) is 0 Å². The predicted octanol–water partition coefficient (Wildman–Crippen LogP) is 3.04. The fraction of sp³-hybridized carbons (Fsp3) is 0.533. The minimum Gasteiger partial charge on any atom is -0.370 e. The molecule has 0 atom stereocenters. The van der Waals surface area contributed by atoms with Crippen LogP contribution in [0.25, 0.3) is 0 Å². The zero-order valence-electron chi connectivity index (χ0n) is 11.0. The predicted molar refractivity (Wildman–Crippen MR) is 79.6 cm³/mol. The summed E-state index contributed by atoms with van der Waals surface area (Å²) in [6.45, 7) is 0. The second-order valence-electron chi connectivity index (χ2n) is 5.66. The molecule has 2 fully saturated rings. The van der Waals surface area contributed by atoms with Crippen LogP contribution >= 0.6 is 11.6 Å². The van der Waals surface area contributed by atoms with E-state index in [0.717, 1.165) is 17.9 Å². The van der Waals surface area contributed by atoms with Crippen LogP contribution in [-0.4, -0.2) is 18.0 Å². The first-order valence-electron chi connectivity index (χ1n) is 7.06. The molecule has 3 rings (SSSR count). The molecule has 1 aromatic carbocycles. The molecule has 0 aromatic heterocycles. The highest BCUT2D eigenvalue weighted by molar-refractivity contribution is 6.30. The molecule has 0 unspecified atom stereocenters. The maximum absolute atomic E-state index is 6.02. The van der Waals surface area contributed by atoms with Gasteiger partial charge in [0.2, 0.25) is 0 Å². The summed E-state index contributed by atoms with van der Waals surface area (Å²) in [6.07, 6.45) is 5.90. The van der Waals surface area contributed by atoms with Gasteiger partial charge >= 0.3 is 0 Å². The number of benzene rings is 1. The van der Waals surface area contributed by atoms with Crippen molar-refractivity contribution in [3.63, 3.8) is 0 Å². The fourth-order valence-electron chi connectivity index (χ4n) is 2.73. The van der Waals surface area contributed by atoms with Gasteiger partial charge in [0.05, 0.1) is 6.04 Å². The van der Waals surface area contributed by atoms with Crippen molar-refractivity contribution in [2.45, 2.75) is 50.1 Å². The Morgan fingerprint density at radius 2 is 2.11 bits per heavy atom. The van der Waals surface area contributed by atoms with Crippen LogP contribution in [0, 0.1) is 0 Å². The highest BCUT2D eigenvalue weighted by atomic mass is 35.5. The monoisotopic (exact) mass is 277 g/mol. The number of hydrogen-bond donors (Lipinski definition) is 2. The van der Waals surface area contributed by atoms with Crippen LogP contribution in [0.1, 0.15) is 43.6 Å². The first-order chi connectivity index (χ1) is 9.20. The quantitative estimate of drug-likeness (QED) is 0.659. The van der Waals surface area contributed by atoms with Gasteiger partial charge in [-0.05, 0) is 55.7 Å². The summed E-state index contributed by atoms with van der Waals surface area (Å²) in [6, 6.07) is 9.09. The number of halogens is 1. The van der Waals surface area contributed by atoms with E-state index < -0.39 is 0 Å². The van der Waals surface area contributed by atoms with Gasteiger partial charge in [0.25, 0.3) is 0 Å². The number of rotatable bonds is 3. The van der Waals surface area contributed by atoms with E-state index in [1.165, 1.54) is 24.8 Å². The van der Waals surface area contributed by atoms with Gasteiger partial charge in [-0.1, -0.05) is 23.7 Å². The maximum atomic E-state index is 6.02. The molecule has 1 aromatic rings. The van der Waals surface area contributed by atoms with Gasteiger partial charge in [0, 0.05) is 11.1 Å². The van der Waals surface area contributed by atoms with Crippen molar-refractivity contribution in [1.29, 1.82) is 0 Å². The van der Waals surface area contributed by atoms with E-state index >= 15 is 0 Å². The molecule has 3 nitrogen and oxygen atoms in total. The molecule has 2 aliphatic rings. The Hall–Kier alpha value is -1.22. The zero-order chi connectivity index (χ0) is 13.2. The van der Waals surface area contributed by atoms with E-state index in [-0.39, 0.29) is 0 Å². The summed E-state index contributed by atoms with van der Waals surface area (Å²) in [5, 5.41) is 4.14. The molecule has 3 N–H and O–H groups in total. The van der Waals surface area contributed by atoms with Gasteiger partial charge in [-0.3, -0.25) is 4.99 Å². The first-order valence-corrected chi connectivity index (χ1v) is 7.44. The lowest BCUT2D eigenvalue weighted by molar-refractivity contribution is 0.322. The molecule has 0 saturated heterocycles. The number of nitrogens with one attached hydrogen (secondary N) is 1. The third-order valence-corrected chi connectivity index (χ3v) is 4.44. The van der Waals surface area contributed by atoms with Crippen molar-refractivity contribution >= 4 is 17.6 Å². The van der Waals surface area contributed by atoms with E-state index in [0.29, 0.717) is 24.0 Å². The number of guanidine groups is 1. The number of nitrogens with zero attached hydrogens (tertiary/aromatic N) is 1. The lowest BCUT2D eigenvalue weighted by atomic mass is 9.76. The summed E-state index contributed by atoms with van der Waals surface area (Å²) in [4.78, 5) is 4.48. The Kier molecular flexibility index (Phi) is 3.65. The number of nitrogens with two attached hydrogens (primary N) is 1. The molecular formula is C15H20ClN3. The van der Waals surface area contributed by atoms with Crippen LogP contribution in [0.5, 0.6) is 0 Å². The van der Waals surface area contributed by atoms with Crippen molar-refractivity contribution in [2.24, 2.45) is 10.7 Å². The highest BCUT2D eigenvalue weighted by Crippen LogP contribution is 2.37. The molecule has 0 aliphatic heterocycles. The molecule has 4 heteroatoms. The molecule has 2 saturated carbocycles. The lowest BCUT2D eigenvalue weighted by Crippen LogP contribution is -2.47. The lowest BCUT2D eigenvalue weighted by Gasteiger charge is -2.37. The molecule has 102 valence electrons. The number of hydrogen-bond acceptors (Lipinski definition) is 1. The van der Waals surface area contributed by atoms with E-state index in [1.54, 1.807) is 0 Å².